The number of fused-ring (bicyclic) bond motifs is 1. The number of rotatable bonds is 4. The first kappa shape index (κ1) is 11.9. The number of nitrogens with zero attached hydrogens (tertiary/aromatic N) is 1. The molecule has 20 heavy (non-hydrogen) atoms. The zero-order valence-corrected chi connectivity index (χ0v) is 11.7. The molecule has 1 aromatic carbocycles. The molecular weight excluding hydrogens is 270 g/mol. The largest absolute Gasteiger partial charge is 0.355 e. The third kappa shape index (κ3) is 2.16. The van der Waals surface area contributed by atoms with Crippen molar-refractivity contribution in [2.75, 3.05) is 0 Å². The number of thiophene rings is 1. The summed E-state index contributed by atoms with van der Waals surface area (Å²) < 4.78 is 6.56. The minimum atomic E-state index is 0.101. The molecule has 1 aliphatic rings. The molecule has 3 nitrogen and oxygen atoms in total. The van der Waals surface area contributed by atoms with Gasteiger partial charge in [-0.2, -0.15) is 0 Å². The number of ketones is 1. The van der Waals surface area contributed by atoms with Crippen LogP contribution in [0.25, 0.3) is 20.7 Å². The lowest BCUT2D eigenvalue weighted by Crippen LogP contribution is -1.99. The van der Waals surface area contributed by atoms with Crippen LogP contribution in [0.3, 0.4) is 0 Å². The Labute approximate surface area is 120 Å². The van der Waals surface area contributed by atoms with E-state index in [2.05, 4.69) is 23.4 Å². The summed E-state index contributed by atoms with van der Waals surface area (Å²) in [7, 11) is 0. The molecule has 0 unspecified atom stereocenters. The summed E-state index contributed by atoms with van der Waals surface area (Å²) in [5.41, 5.74) is 0.462. The fraction of sp³-hybridized carbons (Fsp3) is 0.250. The van der Waals surface area contributed by atoms with E-state index in [0.29, 0.717) is 23.8 Å². The Morgan fingerprint density at radius 1 is 1.30 bits per heavy atom. The number of hydrogen-bond donors (Lipinski definition) is 0. The van der Waals surface area contributed by atoms with Crippen LogP contribution in [0.1, 0.15) is 29.8 Å². The Kier molecular flexibility index (Phi) is 2.70. The lowest BCUT2D eigenvalue weighted by atomic mass is 10.1. The van der Waals surface area contributed by atoms with Gasteiger partial charge in [-0.15, -0.1) is 11.3 Å². The molecule has 1 saturated carbocycles. The van der Waals surface area contributed by atoms with E-state index in [9.17, 15) is 4.79 Å². The lowest BCUT2D eigenvalue weighted by Gasteiger charge is -1.90. The van der Waals surface area contributed by atoms with Crippen LogP contribution in [0, 0.1) is 5.92 Å². The molecule has 0 atom stereocenters. The highest BCUT2D eigenvalue weighted by Gasteiger charge is 2.26. The SMILES string of the molecule is O=C(CC1CC1)c1cc(-c2cc3ccccc3s2)on1. The van der Waals surface area contributed by atoms with Crippen molar-refractivity contribution in [2.45, 2.75) is 19.3 Å². The number of aromatic nitrogens is 1. The Balaban J connectivity index is 1.64. The van der Waals surface area contributed by atoms with E-state index >= 15 is 0 Å². The lowest BCUT2D eigenvalue weighted by molar-refractivity contribution is 0.0967. The van der Waals surface area contributed by atoms with Crippen molar-refractivity contribution in [3.8, 4) is 10.6 Å². The standard InChI is InChI=1S/C16H13NO2S/c18-13(7-10-5-6-10)12-9-14(19-17-12)16-8-11-3-1-2-4-15(11)20-16/h1-4,8-10H,5-7H2. The smallest absolute Gasteiger partial charge is 0.185 e. The highest BCUT2D eigenvalue weighted by Crippen LogP contribution is 2.35. The molecule has 1 fully saturated rings. The fourth-order valence-electron chi connectivity index (χ4n) is 2.31. The monoisotopic (exact) mass is 283 g/mol. The molecule has 4 rings (SSSR count). The summed E-state index contributed by atoms with van der Waals surface area (Å²) in [4.78, 5) is 13.0. The van der Waals surface area contributed by atoms with E-state index in [1.165, 1.54) is 22.9 Å². The number of carbonyl (C=O) groups is 1. The van der Waals surface area contributed by atoms with E-state index in [1.54, 1.807) is 17.4 Å². The molecule has 0 bridgehead atoms. The van der Waals surface area contributed by atoms with Crippen molar-refractivity contribution in [1.29, 1.82) is 0 Å². The summed E-state index contributed by atoms with van der Waals surface area (Å²) in [5, 5.41) is 5.12. The molecule has 4 heteroatoms. The van der Waals surface area contributed by atoms with E-state index in [4.69, 9.17) is 4.52 Å². The third-order valence-electron chi connectivity index (χ3n) is 3.64. The molecule has 0 amide bonds. The second-order valence-electron chi connectivity index (χ2n) is 5.30. The van der Waals surface area contributed by atoms with Crippen molar-refractivity contribution < 1.29 is 9.32 Å². The molecule has 2 aromatic heterocycles. The van der Waals surface area contributed by atoms with Crippen LogP contribution in [0.15, 0.2) is 40.9 Å². The Morgan fingerprint density at radius 3 is 2.95 bits per heavy atom. The minimum absolute atomic E-state index is 0.101. The summed E-state index contributed by atoms with van der Waals surface area (Å²) in [6.45, 7) is 0. The topological polar surface area (TPSA) is 43.1 Å². The molecule has 0 aliphatic heterocycles. The highest BCUT2D eigenvalue weighted by atomic mass is 32.1. The predicted molar refractivity (Wildman–Crippen MR) is 79.0 cm³/mol. The molecule has 1 aliphatic carbocycles. The quantitative estimate of drug-likeness (QED) is 0.660. The van der Waals surface area contributed by atoms with Gasteiger partial charge in [0.15, 0.2) is 11.5 Å². The van der Waals surface area contributed by atoms with Crippen LogP contribution >= 0.6 is 11.3 Å². The molecule has 0 saturated heterocycles. The van der Waals surface area contributed by atoms with Gasteiger partial charge in [0.2, 0.25) is 0 Å². The van der Waals surface area contributed by atoms with Crippen molar-refractivity contribution in [1.82, 2.24) is 5.16 Å². The normalized spacial score (nSPS) is 14.8. The van der Waals surface area contributed by atoms with Gasteiger partial charge in [0.25, 0.3) is 0 Å². The first-order chi connectivity index (χ1) is 9.79. The van der Waals surface area contributed by atoms with E-state index in [1.807, 2.05) is 12.1 Å². The van der Waals surface area contributed by atoms with Gasteiger partial charge in [0.1, 0.15) is 5.69 Å². The average molecular weight is 283 g/mol. The van der Waals surface area contributed by atoms with Gasteiger partial charge in [0.05, 0.1) is 4.88 Å². The van der Waals surface area contributed by atoms with Crippen molar-refractivity contribution in [2.24, 2.45) is 5.92 Å². The van der Waals surface area contributed by atoms with Crippen LogP contribution in [0.5, 0.6) is 0 Å². The van der Waals surface area contributed by atoms with Gasteiger partial charge < -0.3 is 4.52 Å². The highest BCUT2D eigenvalue weighted by molar-refractivity contribution is 7.22. The summed E-state index contributed by atoms with van der Waals surface area (Å²) in [6, 6.07) is 12.0. The van der Waals surface area contributed by atoms with E-state index in [-0.39, 0.29) is 5.78 Å². The molecular formula is C16H13NO2S. The van der Waals surface area contributed by atoms with Crippen LogP contribution in [0.4, 0.5) is 0 Å². The molecule has 2 heterocycles. The minimum Gasteiger partial charge on any atom is -0.355 e. The maximum Gasteiger partial charge on any atom is 0.185 e. The van der Waals surface area contributed by atoms with Crippen molar-refractivity contribution in [3.05, 3.63) is 42.1 Å². The fourth-order valence-corrected chi connectivity index (χ4v) is 3.33. The summed E-state index contributed by atoms with van der Waals surface area (Å²) >= 11 is 1.66. The van der Waals surface area contributed by atoms with Crippen molar-refractivity contribution in [3.63, 3.8) is 0 Å². The van der Waals surface area contributed by atoms with Gasteiger partial charge in [0, 0.05) is 17.2 Å². The maximum absolute atomic E-state index is 12.0. The zero-order valence-electron chi connectivity index (χ0n) is 10.8. The van der Waals surface area contributed by atoms with Crippen molar-refractivity contribution >= 4 is 27.2 Å². The number of hydrogen-bond acceptors (Lipinski definition) is 4. The van der Waals surface area contributed by atoms with Gasteiger partial charge in [-0.05, 0) is 36.3 Å². The summed E-state index contributed by atoms with van der Waals surface area (Å²) in [6.07, 6.45) is 2.96. The second kappa shape index (κ2) is 4.56. The molecule has 0 radical (unpaired) electrons. The number of Topliss-reactive ketones (excluding diaryl/α,β-unsaturated/α-hetero) is 1. The van der Waals surface area contributed by atoms with Gasteiger partial charge in [-0.3, -0.25) is 4.79 Å². The number of benzene rings is 1. The second-order valence-corrected chi connectivity index (χ2v) is 6.38. The van der Waals surface area contributed by atoms with Crippen LogP contribution < -0.4 is 0 Å². The molecule has 100 valence electrons. The number of carbonyl (C=O) groups excluding carboxylic acids is 1. The summed E-state index contributed by atoms with van der Waals surface area (Å²) in [5.74, 6) is 1.36. The van der Waals surface area contributed by atoms with Crippen LogP contribution in [-0.2, 0) is 0 Å². The zero-order chi connectivity index (χ0) is 13.5. The van der Waals surface area contributed by atoms with Gasteiger partial charge in [-0.25, -0.2) is 0 Å². The molecule has 3 aromatic rings. The first-order valence-electron chi connectivity index (χ1n) is 6.78. The maximum atomic E-state index is 12.0. The Bertz CT molecular complexity index is 749. The van der Waals surface area contributed by atoms with Gasteiger partial charge in [-0.1, -0.05) is 23.4 Å². The van der Waals surface area contributed by atoms with E-state index in [0.717, 1.165) is 4.88 Å². The molecule has 0 N–H and O–H groups in total. The van der Waals surface area contributed by atoms with Crippen LogP contribution in [-0.4, -0.2) is 10.9 Å². The first-order valence-corrected chi connectivity index (χ1v) is 7.60. The third-order valence-corrected chi connectivity index (χ3v) is 4.77. The Morgan fingerprint density at radius 2 is 2.15 bits per heavy atom. The Hall–Kier alpha value is -1.94. The average Bonchev–Trinajstić information content (AvgIpc) is 3.00. The predicted octanol–water partition coefficient (Wildman–Crippen LogP) is 4.54. The van der Waals surface area contributed by atoms with Crippen LogP contribution in [0.2, 0.25) is 0 Å². The molecule has 0 spiro atoms. The van der Waals surface area contributed by atoms with Gasteiger partial charge >= 0.3 is 0 Å². The van der Waals surface area contributed by atoms with E-state index < -0.39 is 0 Å².